The van der Waals surface area contributed by atoms with Crippen molar-refractivity contribution in [1.82, 2.24) is 9.29 Å². The maximum atomic E-state index is 11.5. The molecule has 0 amide bonds. The van der Waals surface area contributed by atoms with Gasteiger partial charge in [-0.1, -0.05) is 0 Å². The van der Waals surface area contributed by atoms with Crippen molar-refractivity contribution in [3.8, 4) is 0 Å². The third kappa shape index (κ3) is 1.78. The normalized spacial score (nSPS) is 11.9. The Morgan fingerprint density at radius 1 is 1.38 bits per heavy atom. The Morgan fingerprint density at radius 3 is 2.46 bits per heavy atom. The zero-order chi connectivity index (χ0) is 10.1. The predicted molar refractivity (Wildman–Crippen MR) is 47.9 cm³/mol. The highest BCUT2D eigenvalue weighted by molar-refractivity contribution is 7.89. The van der Waals surface area contributed by atoms with Gasteiger partial charge in [0.25, 0.3) is 0 Å². The predicted octanol–water partition coefficient (Wildman–Crippen LogP) is -0.375. The van der Waals surface area contributed by atoms with Crippen molar-refractivity contribution in [3.05, 3.63) is 28.7 Å². The first kappa shape index (κ1) is 9.94. The van der Waals surface area contributed by atoms with E-state index < -0.39 is 15.5 Å². The Bertz CT molecular complexity index is 447. The lowest BCUT2D eigenvalue weighted by Crippen LogP contribution is -2.27. The van der Waals surface area contributed by atoms with Gasteiger partial charge in [-0.15, -0.1) is 0 Å². The number of nitrogens with one attached hydrogen (secondary N) is 1. The maximum Gasteiger partial charge on any atom is 0.247 e. The highest BCUT2D eigenvalue weighted by Gasteiger charge is 2.19. The highest BCUT2D eigenvalue weighted by atomic mass is 32.2. The summed E-state index contributed by atoms with van der Waals surface area (Å²) in [7, 11) is -0.864. The van der Waals surface area contributed by atoms with Gasteiger partial charge in [0.15, 0.2) is 0 Å². The molecule has 0 aliphatic carbocycles. The minimum absolute atomic E-state index is 0.236. The molecule has 0 aliphatic heterocycles. The van der Waals surface area contributed by atoms with Gasteiger partial charge in [-0.3, -0.25) is 4.79 Å². The Balaban J connectivity index is 3.41. The molecule has 0 fully saturated rings. The molecule has 0 aromatic carbocycles. The van der Waals surface area contributed by atoms with Crippen LogP contribution in [0.1, 0.15) is 0 Å². The monoisotopic (exact) mass is 202 g/mol. The largest absolute Gasteiger partial charge is 0.366 e. The average Bonchev–Trinajstić information content (AvgIpc) is 2.04. The summed E-state index contributed by atoms with van der Waals surface area (Å²) in [5, 5.41) is 0. The second-order valence-corrected chi connectivity index (χ2v) is 4.78. The van der Waals surface area contributed by atoms with Gasteiger partial charge < -0.3 is 4.98 Å². The zero-order valence-electron chi connectivity index (χ0n) is 7.31. The van der Waals surface area contributed by atoms with Gasteiger partial charge >= 0.3 is 0 Å². The van der Waals surface area contributed by atoms with Gasteiger partial charge in [-0.25, -0.2) is 12.7 Å². The van der Waals surface area contributed by atoms with Crippen LogP contribution in [0.15, 0.2) is 28.2 Å². The number of hydrogen-bond donors (Lipinski definition) is 1. The van der Waals surface area contributed by atoms with Crippen LogP contribution < -0.4 is 5.43 Å². The molecule has 1 rings (SSSR count). The first-order valence-corrected chi connectivity index (χ1v) is 5.00. The van der Waals surface area contributed by atoms with Crippen LogP contribution in [0, 0.1) is 0 Å². The van der Waals surface area contributed by atoms with Gasteiger partial charge in [0.05, 0.1) is 0 Å². The molecule has 1 aromatic rings. The molecule has 0 saturated carbocycles. The molecule has 1 heterocycles. The van der Waals surface area contributed by atoms with Crippen LogP contribution in [-0.4, -0.2) is 31.8 Å². The number of H-pyrrole nitrogens is 1. The Kier molecular flexibility index (Phi) is 2.53. The van der Waals surface area contributed by atoms with E-state index in [-0.39, 0.29) is 4.90 Å². The Morgan fingerprint density at radius 2 is 2.00 bits per heavy atom. The topological polar surface area (TPSA) is 70.2 Å². The molecular weight excluding hydrogens is 192 g/mol. The summed E-state index contributed by atoms with van der Waals surface area (Å²) in [5.74, 6) is 0. The number of pyridine rings is 1. The lowest BCUT2D eigenvalue weighted by Gasteiger charge is -2.09. The second-order valence-electron chi connectivity index (χ2n) is 2.66. The molecule has 0 aliphatic rings. The van der Waals surface area contributed by atoms with Crippen LogP contribution in [0.5, 0.6) is 0 Å². The average molecular weight is 202 g/mol. The molecule has 0 atom stereocenters. The van der Waals surface area contributed by atoms with E-state index in [0.29, 0.717) is 0 Å². The number of rotatable bonds is 2. The Labute approximate surface area is 76.1 Å². The van der Waals surface area contributed by atoms with Gasteiger partial charge in [0, 0.05) is 32.6 Å². The van der Waals surface area contributed by atoms with Crippen LogP contribution in [0.2, 0.25) is 0 Å². The van der Waals surface area contributed by atoms with Crippen molar-refractivity contribution < 1.29 is 8.42 Å². The summed E-state index contributed by atoms with van der Waals surface area (Å²) in [6.07, 6.45) is 2.56. The number of aromatic amines is 1. The summed E-state index contributed by atoms with van der Waals surface area (Å²) in [5.41, 5.74) is -0.507. The molecule has 13 heavy (non-hydrogen) atoms. The molecule has 0 saturated heterocycles. The smallest absolute Gasteiger partial charge is 0.247 e. The lowest BCUT2D eigenvalue weighted by molar-refractivity contribution is 0.519. The van der Waals surface area contributed by atoms with Gasteiger partial charge in [0.2, 0.25) is 15.5 Å². The molecule has 0 radical (unpaired) electrons. The van der Waals surface area contributed by atoms with E-state index in [0.717, 1.165) is 4.31 Å². The molecule has 0 bridgehead atoms. The zero-order valence-corrected chi connectivity index (χ0v) is 8.13. The SMILES string of the molecule is CN(C)S(=O)(=O)c1c[nH]ccc1=O. The van der Waals surface area contributed by atoms with Crippen LogP contribution in [-0.2, 0) is 10.0 Å². The molecule has 0 unspecified atom stereocenters. The molecule has 5 nitrogen and oxygen atoms in total. The van der Waals surface area contributed by atoms with Crippen LogP contribution in [0.4, 0.5) is 0 Å². The first-order valence-electron chi connectivity index (χ1n) is 3.56. The summed E-state index contributed by atoms with van der Waals surface area (Å²) >= 11 is 0. The number of nitrogens with zero attached hydrogens (tertiary/aromatic N) is 1. The van der Waals surface area contributed by atoms with Crippen LogP contribution in [0.3, 0.4) is 0 Å². The lowest BCUT2D eigenvalue weighted by atomic mass is 10.5. The van der Waals surface area contributed by atoms with E-state index in [1.54, 1.807) is 0 Å². The van der Waals surface area contributed by atoms with E-state index in [4.69, 9.17) is 0 Å². The maximum absolute atomic E-state index is 11.5. The number of sulfonamides is 1. The van der Waals surface area contributed by atoms with Crippen molar-refractivity contribution >= 4 is 10.0 Å². The fourth-order valence-corrected chi connectivity index (χ4v) is 1.73. The van der Waals surface area contributed by atoms with Crippen molar-refractivity contribution in [2.75, 3.05) is 14.1 Å². The second kappa shape index (κ2) is 3.31. The first-order chi connectivity index (χ1) is 5.96. The van der Waals surface area contributed by atoms with E-state index in [2.05, 4.69) is 4.98 Å². The van der Waals surface area contributed by atoms with Crippen LogP contribution in [0.25, 0.3) is 0 Å². The third-order valence-corrected chi connectivity index (χ3v) is 3.38. The summed E-state index contributed by atoms with van der Waals surface area (Å²) in [6, 6.07) is 1.18. The Hall–Kier alpha value is -1.14. The van der Waals surface area contributed by atoms with Crippen molar-refractivity contribution in [3.63, 3.8) is 0 Å². The fourth-order valence-electron chi connectivity index (χ4n) is 0.799. The molecule has 0 spiro atoms. The van der Waals surface area contributed by atoms with E-state index >= 15 is 0 Å². The standard InChI is InChI=1S/C7H10N2O3S/c1-9(2)13(11,12)7-5-8-4-3-6(7)10/h3-5H,1-2H3,(H,8,10). The van der Waals surface area contributed by atoms with E-state index in [1.165, 1.54) is 32.6 Å². The minimum Gasteiger partial charge on any atom is -0.366 e. The summed E-state index contributed by atoms with van der Waals surface area (Å²) in [4.78, 5) is 13.5. The molecular formula is C7H10N2O3S. The van der Waals surface area contributed by atoms with Crippen molar-refractivity contribution in [1.29, 1.82) is 0 Å². The van der Waals surface area contributed by atoms with Crippen molar-refractivity contribution in [2.24, 2.45) is 0 Å². The molecule has 1 aromatic heterocycles. The van der Waals surface area contributed by atoms with Gasteiger partial charge in [-0.05, 0) is 0 Å². The molecule has 72 valence electrons. The molecule has 6 heteroatoms. The quantitative estimate of drug-likeness (QED) is 0.711. The minimum atomic E-state index is -3.62. The molecule has 1 N–H and O–H groups in total. The van der Waals surface area contributed by atoms with E-state index in [9.17, 15) is 13.2 Å². The van der Waals surface area contributed by atoms with Crippen molar-refractivity contribution in [2.45, 2.75) is 4.90 Å². The van der Waals surface area contributed by atoms with E-state index in [1.807, 2.05) is 0 Å². The number of aromatic nitrogens is 1. The van der Waals surface area contributed by atoms with Crippen LogP contribution >= 0.6 is 0 Å². The van der Waals surface area contributed by atoms with Gasteiger partial charge in [0.1, 0.15) is 4.90 Å². The number of hydrogen-bond acceptors (Lipinski definition) is 3. The third-order valence-electron chi connectivity index (χ3n) is 1.55. The summed E-state index contributed by atoms with van der Waals surface area (Å²) < 4.78 is 23.9. The summed E-state index contributed by atoms with van der Waals surface area (Å²) in [6.45, 7) is 0. The van der Waals surface area contributed by atoms with Gasteiger partial charge in [-0.2, -0.15) is 0 Å². The highest BCUT2D eigenvalue weighted by Crippen LogP contribution is 2.04. The fraction of sp³-hybridized carbons (Fsp3) is 0.286.